The Kier molecular flexibility index (Phi) is 5.51. The van der Waals surface area contributed by atoms with Crippen LogP contribution in [-0.4, -0.2) is 29.9 Å². The lowest BCUT2D eigenvalue weighted by Crippen LogP contribution is -2.48. The highest BCUT2D eigenvalue weighted by atomic mass is 35.5. The molecule has 0 spiro atoms. The highest BCUT2D eigenvalue weighted by molar-refractivity contribution is 6.31. The number of nitro groups is 1. The van der Waals surface area contributed by atoms with Gasteiger partial charge in [0.2, 0.25) is 11.8 Å². The van der Waals surface area contributed by atoms with E-state index in [0.29, 0.717) is 34.1 Å². The molecule has 2 amide bonds. The van der Waals surface area contributed by atoms with Crippen molar-refractivity contribution in [3.8, 4) is 5.75 Å². The summed E-state index contributed by atoms with van der Waals surface area (Å²) in [4.78, 5) is 37.2. The third-order valence-corrected chi connectivity index (χ3v) is 4.83. The monoisotopic (exact) mass is 403 g/mol. The Morgan fingerprint density at radius 1 is 1.29 bits per heavy atom. The summed E-state index contributed by atoms with van der Waals surface area (Å²) in [5, 5.41) is 14.2. The zero-order chi connectivity index (χ0) is 20.4. The molecule has 0 aromatic heterocycles. The van der Waals surface area contributed by atoms with Crippen LogP contribution in [0.1, 0.15) is 18.9 Å². The number of non-ortho nitro benzene ring substituents is 1. The average molecular weight is 404 g/mol. The third-order valence-electron chi connectivity index (χ3n) is 4.60. The van der Waals surface area contributed by atoms with E-state index in [-0.39, 0.29) is 18.0 Å². The summed E-state index contributed by atoms with van der Waals surface area (Å²) in [6.45, 7) is 1.60. The number of nitrogens with one attached hydrogen (secondary N) is 1. The van der Waals surface area contributed by atoms with E-state index in [1.807, 2.05) is 0 Å². The van der Waals surface area contributed by atoms with Gasteiger partial charge in [-0.1, -0.05) is 11.6 Å². The largest absolute Gasteiger partial charge is 0.495 e. The van der Waals surface area contributed by atoms with Gasteiger partial charge in [0.05, 0.1) is 17.7 Å². The van der Waals surface area contributed by atoms with Gasteiger partial charge in [-0.05, 0) is 43.2 Å². The first-order valence-electron chi connectivity index (χ1n) is 8.55. The summed E-state index contributed by atoms with van der Waals surface area (Å²) in [6.07, 6.45) is 0.565. The smallest absolute Gasteiger partial charge is 0.269 e. The molecule has 0 aliphatic carbocycles. The Labute approximate surface area is 166 Å². The summed E-state index contributed by atoms with van der Waals surface area (Å²) in [6, 6.07) is 8.26. The number of hydrogen-bond acceptors (Lipinski definition) is 5. The Morgan fingerprint density at radius 2 is 2.04 bits per heavy atom. The van der Waals surface area contributed by atoms with Crippen molar-refractivity contribution in [2.45, 2.75) is 25.8 Å². The van der Waals surface area contributed by atoms with Gasteiger partial charge in [-0.2, -0.15) is 0 Å². The molecule has 0 fully saturated rings. The van der Waals surface area contributed by atoms with Crippen LogP contribution in [-0.2, 0) is 16.0 Å². The number of nitrogens with zero attached hydrogens (tertiary/aromatic N) is 2. The van der Waals surface area contributed by atoms with Gasteiger partial charge in [0, 0.05) is 29.3 Å². The molecule has 1 heterocycles. The first kappa shape index (κ1) is 19.6. The maximum absolute atomic E-state index is 12.8. The fourth-order valence-corrected chi connectivity index (χ4v) is 3.35. The van der Waals surface area contributed by atoms with E-state index in [1.165, 1.54) is 30.2 Å². The number of fused-ring (bicyclic) bond motifs is 1. The lowest BCUT2D eigenvalue weighted by Gasteiger charge is -2.33. The predicted molar refractivity (Wildman–Crippen MR) is 105 cm³/mol. The molecule has 1 N–H and O–H groups in total. The number of carbonyl (C=O) groups is 2. The molecule has 2 aromatic carbocycles. The molecule has 28 heavy (non-hydrogen) atoms. The summed E-state index contributed by atoms with van der Waals surface area (Å²) in [5.74, 6) is -0.215. The number of methoxy groups -OCH3 is 1. The molecule has 1 aliphatic rings. The van der Waals surface area contributed by atoms with Gasteiger partial charge in [0.15, 0.2) is 0 Å². The van der Waals surface area contributed by atoms with Gasteiger partial charge in [-0.15, -0.1) is 0 Å². The molecular formula is C19H18ClN3O5. The third kappa shape index (κ3) is 3.77. The highest BCUT2D eigenvalue weighted by Gasteiger charge is 2.33. The Morgan fingerprint density at radius 3 is 2.71 bits per heavy atom. The van der Waals surface area contributed by atoms with Crippen LogP contribution in [0.15, 0.2) is 36.4 Å². The summed E-state index contributed by atoms with van der Waals surface area (Å²) < 4.78 is 5.22. The number of halogens is 1. The molecule has 3 rings (SSSR count). The van der Waals surface area contributed by atoms with Crippen molar-refractivity contribution in [2.75, 3.05) is 17.3 Å². The second kappa shape index (κ2) is 7.85. The molecule has 0 saturated carbocycles. The van der Waals surface area contributed by atoms with E-state index in [4.69, 9.17) is 16.3 Å². The lowest BCUT2D eigenvalue weighted by molar-refractivity contribution is -0.384. The zero-order valence-electron chi connectivity index (χ0n) is 15.3. The normalized spacial score (nSPS) is 14.2. The second-order valence-electron chi connectivity index (χ2n) is 6.34. The van der Waals surface area contributed by atoms with Crippen LogP contribution >= 0.6 is 11.6 Å². The highest BCUT2D eigenvalue weighted by Crippen LogP contribution is 2.33. The van der Waals surface area contributed by atoms with E-state index in [9.17, 15) is 19.7 Å². The molecule has 1 atom stereocenters. The lowest BCUT2D eigenvalue weighted by atomic mass is 9.98. The minimum Gasteiger partial charge on any atom is -0.495 e. The number of nitro benzene ring substituents is 1. The molecule has 0 saturated heterocycles. The Bertz CT molecular complexity index is 963. The quantitative estimate of drug-likeness (QED) is 0.607. The van der Waals surface area contributed by atoms with Crippen molar-refractivity contribution in [2.24, 2.45) is 0 Å². The number of anilines is 2. The number of aryl methyl sites for hydroxylation is 1. The van der Waals surface area contributed by atoms with Gasteiger partial charge in [-0.3, -0.25) is 24.6 Å². The number of carbonyl (C=O) groups excluding carboxylic acids is 2. The molecule has 0 bridgehead atoms. The number of amides is 2. The van der Waals surface area contributed by atoms with E-state index in [2.05, 4.69) is 5.32 Å². The minimum atomic E-state index is -0.836. The van der Waals surface area contributed by atoms with E-state index in [0.717, 1.165) is 0 Å². The molecule has 1 aliphatic heterocycles. The van der Waals surface area contributed by atoms with Gasteiger partial charge in [0.1, 0.15) is 11.8 Å². The molecule has 0 radical (unpaired) electrons. The van der Waals surface area contributed by atoms with Crippen LogP contribution in [0.25, 0.3) is 0 Å². The summed E-state index contributed by atoms with van der Waals surface area (Å²) in [5.41, 5.74) is 1.50. The molecule has 8 nitrogen and oxygen atoms in total. The van der Waals surface area contributed by atoms with Crippen molar-refractivity contribution in [1.29, 1.82) is 0 Å². The Hall–Kier alpha value is -3.13. The summed E-state index contributed by atoms with van der Waals surface area (Å²) in [7, 11) is 1.47. The molecule has 2 aromatic rings. The maximum atomic E-state index is 12.8. The molecular weight excluding hydrogens is 386 g/mol. The maximum Gasteiger partial charge on any atom is 0.269 e. The van der Waals surface area contributed by atoms with Crippen LogP contribution < -0.4 is 15.0 Å². The predicted octanol–water partition coefficient (Wildman–Crippen LogP) is 3.56. The number of ether oxygens (including phenoxy) is 1. The van der Waals surface area contributed by atoms with E-state index in [1.54, 1.807) is 25.1 Å². The van der Waals surface area contributed by atoms with Crippen LogP contribution in [0.3, 0.4) is 0 Å². The van der Waals surface area contributed by atoms with Gasteiger partial charge >= 0.3 is 0 Å². The second-order valence-corrected chi connectivity index (χ2v) is 6.78. The first-order valence-corrected chi connectivity index (χ1v) is 8.93. The molecule has 1 unspecified atom stereocenters. The average Bonchev–Trinajstić information content (AvgIpc) is 2.67. The fraction of sp³-hybridized carbons (Fsp3) is 0.263. The molecule has 9 heteroatoms. The van der Waals surface area contributed by atoms with E-state index < -0.39 is 16.9 Å². The summed E-state index contributed by atoms with van der Waals surface area (Å²) >= 11 is 5.99. The van der Waals surface area contributed by atoms with Gasteiger partial charge in [-0.25, -0.2) is 0 Å². The van der Waals surface area contributed by atoms with Gasteiger partial charge in [0.25, 0.3) is 5.69 Å². The van der Waals surface area contributed by atoms with Crippen molar-refractivity contribution in [1.82, 2.24) is 0 Å². The Balaban J connectivity index is 1.89. The SMILES string of the molecule is COc1ccc(Cl)cc1NC(=O)C(C)N1C(=O)CCc2cc([N+](=O)[O-])ccc21. The topological polar surface area (TPSA) is 102 Å². The number of hydrogen-bond donors (Lipinski definition) is 1. The van der Waals surface area contributed by atoms with Crippen molar-refractivity contribution in [3.05, 3.63) is 57.1 Å². The van der Waals surface area contributed by atoms with Crippen molar-refractivity contribution < 1.29 is 19.2 Å². The number of benzene rings is 2. The van der Waals surface area contributed by atoms with Gasteiger partial charge < -0.3 is 10.1 Å². The van der Waals surface area contributed by atoms with Crippen molar-refractivity contribution >= 4 is 40.5 Å². The zero-order valence-corrected chi connectivity index (χ0v) is 16.0. The standard InChI is InChI=1S/C19H18ClN3O5/c1-11(19(25)21-15-10-13(20)4-7-17(15)28-2)22-16-6-5-14(23(26)27)9-12(16)3-8-18(22)24/h4-7,9-11H,3,8H2,1-2H3,(H,21,25). The first-order chi connectivity index (χ1) is 13.3. The van der Waals surface area contributed by atoms with Crippen LogP contribution in [0.5, 0.6) is 5.75 Å². The molecule has 146 valence electrons. The minimum absolute atomic E-state index is 0.0474. The number of rotatable bonds is 5. The van der Waals surface area contributed by atoms with Crippen LogP contribution in [0.4, 0.5) is 17.1 Å². The van der Waals surface area contributed by atoms with Crippen molar-refractivity contribution in [3.63, 3.8) is 0 Å². The fourth-order valence-electron chi connectivity index (χ4n) is 3.17. The van der Waals surface area contributed by atoms with Crippen LogP contribution in [0, 0.1) is 10.1 Å². The van der Waals surface area contributed by atoms with E-state index >= 15 is 0 Å². The van der Waals surface area contributed by atoms with Crippen LogP contribution in [0.2, 0.25) is 5.02 Å².